The Kier molecular flexibility index (Phi) is 7.19. The third-order valence-electron chi connectivity index (χ3n) is 5.39. The molecule has 0 atom stereocenters. The van der Waals surface area contributed by atoms with Gasteiger partial charge in [0.25, 0.3) is 0 Å². The van der Waals surface area contributed by atoms with Gasteiger partial charge in [0.1, 0.15) is 12.4 Å². The maximum Gasteiger partial charge on any atom is 0.241 e. The minimum Gasteiger partial charge on any atom is -0.490 e. The summed E-state index contributed by atoms with van der Waals surface area (Å²) in [7, 11) is 0. The van der Waals surface area contributed by atoms with Crippen molar-refractivity contribution in [2.24, 2.45) is 5.92 Å². The molecule has 7 nitrogen and oxygen atoms in total. The molecule has 1 aromatic heterocycles. The van der Waals surface area contributed by atoms with E-state index in [0.717, 1.165) is 42.9 Å². The third kappa shape index (κ3) is 5.55. The number of likely N-dealkylation sites (tertiary alicyclic amines) is 1. The number of carbonyl (C=O) groups is 1. The number of hydrogen-bond acceptors (Lipinski definition) is 6. The maximum atomic E-state index is 12.7. The van der Waals surface area contributed by atoms with Crippen LogP contribution in [-0.4, -0.2) is 40.6 Å². The van der Waals surface area contributed by atoms with Crippen LogP contribution >= 0.6 is 11.6 Å². The lowest BCUT2D eigenvalue weighted by Crippen LogP contribution is -2.37. The number of ether oxygens (including phenoxy) is 1. The lowest BCUT2D eigenvalue weighted by molar-refractivity contribution is -0.121. The molecule has 0 spiro atoms. The molecule has 166 valence electrons. The molecule has 2 aromatic carbocycles. The van der Waals surface area contributed by atoms with E-state index in [-0.39, 0.29) is 11.8 Å². The Hall–Kier alpha value is -3.16. The second-order valence-corrected chi connectivity index (χ2v) is 8.06. The number of amides is 1. The highest BCUT2D eigenvalue weighted by Crippen LogP contribution is 2.26. The molecule has 0 unspecified atom stereocenters. The number of nitrogens with one attached hydrogen (secondary N) is 1. The molecular weight excluding hydrogens is 428 g/mol. The van der Waals surface area contributed by atoms with Crippen molar-refractivity contribution < 1.29 is 14.1 Å². The molecule has 2 heterocycles. The highest BCUT2D eigenvalue weighted by Gasteiger charge is 2.26. The fraction of sp³-hybridized carbons (Fsp3) is 0.292. The Labute approximate surface area is 192 Å². The van der Waals surface area contributed by atoms with Crippen LogP contribution in [0, 0.1) is 5.92 Å². The quantitative estimate of drug-likeness (QED) is 0.494. The summed E-state index contributed by atoms with van der Waals surface area (Å²) in [6.45, 7) is 6.21. The summed E-state index contributed by atoms with van der Waals surface area (Å²) in [4.78, 5) is 19.3. The van der Waals surface area contributed by atoms with E-state index >= 15 is 0 Å². The van der Waals surface area contributed by atoms with E-state index in [1.165, 1.54) is 0 Å². The molecule has 1 aliphatic heterocycles. The average molecular weight is 453 g/mol. The van der Waals surface area contributed by atoms with Gasteiger partial charge in [-0.1, -0.05) is 41.5 Å². The summed E-state index contributed by atoms with van der Waals surface area (Å²) >= 11 is 6.21. The van der Waals surface area contributed by atoms with Crippen LogP contribution in [0.25, 0.3) is 11.4 Å². The van der Waals surface area contributed by atoms with Crippen molar-refractivity contribution in [3.05, 3.63) is 72.1 Å². The molecule has 0 aliphatic carbocycles. The molecule has 1 amide bonds. The number of aromatic nitrogens is 2. The maximum absolute atomic E-state index is 12.7. The van der Waals surface area contributed by atoms with Gasteiger partial charge in [-0.15, -0.1) is 0 Å². The van der Waals surface area contributed by atoms with Crippen molar-refractivity contribution in [3.8, 4) is 17.1 Å². The monoisotopic (exact) mass is 452 g/mol. The number of halogens is 1. The number of benzene rings is 2. The van der Waals surface area contributed by atoms with Gasteiger partial charge < -0.3 is 14.6 Å². The largest absolute Gasteiger partial charge is 0.490 e. The van der Waals surface area contributed by atoms with Crippen molar-refractivity contribution in [1.82, 2.24) is 15.0 Å². The molecule has 4 rings (SSSR count). The number of hydrogen-bond donors (Lipinski definition) is 1. The van der Waals surface area contributed by atoms with Gasteiger partial charge in [-0.3, -0.25) is 9.69 Å². The van der Waals surface area contributed by atoms with Crippen molar-refractivity contribution in [1.29, 1.82) is 0 Å². The van der Waals surface area contributed by atoms with Gasteiger partial charge in [0, 0.05) is 17.2 Å². The first-order chi connectivity index (χ1) is 15.6. The van der Waals surface area contributed by atoms with E-state index in [9.17, 15) is 4.79 Å². The molecule has 1 N–H and O–H groups in total. The van der Waals surface area contributed by atoms with Crippen LogP contribution in [-0.2, 0) is 11.3 Å². The zero-order valence-corrected chi connectivity index (χ0v) is 18.4. The third-order valence-corrected chi connectivity index (χ3v) is 5.72. The molecule has 0 radical (unpaired) electrons. The molecule has 1 aliphatic rings. The summed E-state index contributed by atoms with van der Waals surface area (Å²) in [5.74, 6) is 1.80. The van der Waals surface area contributed by atoms with Crippen molar-refractivity contribution in [2.45, 2.75) is 19.4 Å². The topological polar surface area (TPSA) is 80.5 Å². The van der Waals surface area contributed by atoms with Crippen LogP contribution in [0.4, 0.5) is 5.69 Å². The van der Waals surface area contributed by atoms with E-state index in [4.69, 9.17) is 20.9 Å². The van der Waals surface area contributed by atoms with Crippen molar-refractivity contribution in [2.75, 3.05) is 25.0 Å². The van der Waals surface area contributed by atoms with Crippen LogP contribution < -0.4 is 10.1 Å². The normalized spacial score (nSPS) is 14.8. The van der Waals surface area contributed by atoms with E-state index in [1.807, 2.05) is 42.5 Å². The van der Waals surface area contributed by atoms with Crippen LogP contribution in [0.15, 0.2) is 65.7 Å². The fourth-order valence-corrected chi connectivity index (χ4v) is 3.87. The van der Waals surface area contributed by atoms with E-state index < -0.39 is 0 Å². The summed E-state index contributed by atoms with van der Waals surface area (Å²) in [5.41, 5.74) is 1.51. The van der Waals surface area contributed by atoms with E-state index in [2.05, 4.69) is 26.9 Å². The first kappa shape index (κ1) is 22.0. The zero-order chi connectivity index (χ0) is 22.3. The van der Waals surface area contributed by atoms with Gasteiger partial charge in [-0.25, -0.2) is 0 Å². The van der Waals surface area contributed by atoms with E-state index in [1.54, 1.807) is 12.1 Å². The molecule has 8 heteroatoms. The highest BCUT2D eigenvalue weighted by atomic mass is 35.5. The molecule has 0 bridgehead atoms. The Bertz CT molecular complexity index is 1060. The van der Waals surface area contributed by atoms with Crippen LogP contribution in [0.1, 0.15) is 18.7 Å². The van der Waals surface area contributed by atoms with Crippen LogP contribution in [0.3, 0.4) is 0 Å². The Morgan fingerprint density at radius 1 is 1.22 bits per heavy atom. The van der Waals surface area contributed by atoms with Crippen molar-refractivity contribution in [3.63, 3.8) is 0 Å². The van der Waals surface area contributed by atoms with Gasteiger partial charge in [-0.05, 0) is 62.3 Å². The predicted molar refractivity (Wildman–Crippen MR) is 124 cm³/mol. The SMILES string of the molecule is C=CCOc1ccc(NC(=O)C2CCN(Cc3nc(-c4ccccc4Cl)no3)CC2)cc1. The highest BCUT2D eigenvalue weighted by molar-refractivity contribution is 6.33. The van der Waals surface area contributed by atoms with E-state index in [0.29, 0.717) is 29.9 Å². The lowest BCUT2D eigenvalue weighted by atomic mass is 9.96. The summed E-state index contributed by atoms with van der Waals surface area (Å²) in [6, 6.07) is 14.8. The summed E-state index contributed by atoms with van der Waals surface area (Å²) in [6.07, 6.45) is 3.24. The van der Waals surface area contributed by atoms with Crippen LogP contribution in [0.2, 0.25) is 5.02 Å². The number of anilines is 1. The van der Waals surface area contributed by atoms with Crippen molar-refractivity contribution >= 4 is 23.2 Å². The number of carbonyl (C=O) groups excluding carboxylic acids is 1. The molecular formula is C24H25ClN4O3. The van der Waals surface area contributed by atoms with Gasteiger partial charge in [0.05, 0.1) is 11.6 Å². The zero-order valence-electron chi connectivity index (χ0n) is 17.7. The first-order valence-corrected chi connectivity index (χ1v) is 10.9. The minimum absolute atomic E-state index is 0.0238. The number of piperidine rings is 1. The second kappa shape index (κ2) is 10.4. The molecule has 1 fully saturated rings. The smallest absolute Gasteiger partial charge is 0.241 e. The fourth-order valence-electron chi connectivity index (χ4n) is 3.65. The molecule has 32 heavy (non-hydrogen) atoms. The number of nitrogens with zero attached hydrogens (tertiary/aromatic N) is 3. The Balaban J connectivity index is 1.26. The summed E-state index contributed by atoms with van der Waals surface area (Å²) < 4.78 is 10.9. The molecule has 1 saturated heterocycles. The lowest BCUT2D eigenvalue weighted by Gasteiger charge is -2.30. The predicted octanol–water partition coefficient (Wildman–Crippen LogP) is 4.81. The van der Waals surface area contributed by atoms with Gasteiger partial charge >= 0.3 is 0 Å². The van der Waals surface area contributed by atoms with Gasteiger partial charge in [0.2, 0.25) is 17.6 Å². The van der Waals surface area contributed by atoms with Gasteiger partial charge in [0.15, 0.2) is 0 Å². The molecule has 0 saturated carbocycles. The standard InChI is InChI=1S/C24H25ClN4O3/c1-2-15-31-19-9-7-18(8-10-19)26-24(30)17-11-13-29(14-12-17)16-22-27-23(28-32-22)20-5-3-4-6-21(20)25/h2-10,17H,1,11-16H2,(H,26,30). The average Bonchev–Trinajstić information content (AvgIpc) is 3.27. The van der Waals surface area contributed by atoms with Gasteiger partial charge in [-0.2, -0.15) is 4.98 Å². The Morgan fingerprint density at radius 2 is 1.97 bits per heavy atom. The summed E-state index contributed by atoms with van der Waals surface area (Å²) in [5, 5.41) is 7.64. The number of rotatable bonds is 8. The first-order valence-electron chi connectivity index (χ1n) is 10.6. The van der Waals surface area contributed by atoms with Crippen LogP contribution in [0.5, 0.6) is 5.75 Å². The second-order valence-electron chi connectivity index (χ2n) is 7.66. The Morgan fingerprint density at radius 3 is 2.69 bits per heavy atom. The molecule has 3 aromatic rings. The minimum atomic E-state index is -0.0238.